The molecule has 0 radical (unpaired) electrons. The molecular weight excluding hydrogens is 268 g/mol. The maximum Gasteiger partial charge on any atom is 0.243 e. The zero-order valence-electron chi connectivity index (χ0n) is 11.9. The smallest absolute Gasteiger partial charge is 0.243 e. The maximum atomic E-state index is 11.9. The Morgan fingerprint density at radius 2 is 1.89 bits per heavy atom. The highest BCUT2D eigenvalue weighted by molar-refractivity contribution is 7.91. The summed E-state index contributed by atoms with van der Waals surface area (Å²) in [5.41, 5.74) is -0.434. The molecule has 1 aliphatic heterocycles. The lowest BCUT2D eigenvalue weighted by molar-refractivity contribution is -0.149. The Kier molecular flexibility index (Phi) is 4.60. The Hall–Kier alpha value is -1.11. The van der Waals surface area contributed by atoms with E-state index >= 15 is 0 Å². The van der Waals surface area contributed by atoms with Crippen molar-refractivity contribution < 1.29 is 18.0 Å². The zero-order valence-corrected chi connectivity index (χ0v) is 12.7. The number of carbonyl (C=O) groups is 2. The molecule has 0 bridgehead atoms. The molecule has 0 aliphatic carbocycles. The molecule has 7 heteroatoms. The normalized spacial score (nSPS) is 21.5. The predicted octanol–water partition coefficient (Wildman–Crippen LogP) is -0.206. The van der Waals surface area contributed by atoms with Crippen LogP contribution in [-0.2, 0) is 19.4 Å². The minimum absolute atomic E-state index is 0.0431. The van der Waals surface area contributed by atoms with Gasteiger partial charge < -0.3 is 10.2 Å². The molecule has 0 aromatic rings. The molecule has 0 aromatic carbocycles. The third-order valence-electron chi connectivity index (χ3n) is 3.20. The number of nitrogens with one attached hydrogen (secondary N) is 1. The summed E-state index contributed by atoms with van der Waals surface area (Å²) < 4.78 is 23.1. The number of hydrogen-bond acceptors (Lipinski definition) is 4. The van der Waals surface area contributed by atoms with Crippen LogP contribution < -0.4 is 5.32 Å². The van der Waals surface area contributed by atoms with E-state index in [9.17, 15) is 18.0 Å². The van der Waals surface area contributed by atoms with Crippen LogP contribution in [0.25, 0.3) is 0 Å². The first kappa shape index (κ1) is 15.9. The van der Waals surface area contributed by atoms with Crippen molar-refractivity contribution in [2.45, 2.75) is 33.7 Å². The summed E-state index contributed by atoms with van der Waals surface area (Å²) in [4.78, 5) is 25.2. The van der Waals surface area contributed by atoms with Crippen LogP contribution in [0, 0.1) is 5.41 Å². The number of carbonyl (C=O) groups excluding carboxylic acids is 2. The van der Waals surface area contributed by atoms with Crippen LogP contribution in [-0.4, -0.2) is 55.8 Å². The molecule has 0 saturated carbocycles. The highest BCUT2D eigenvalue weighted by atomic mass is 32.2. The lowest BCUT2D eigenvalue weighted by atomic mass is 9.84. The lowest BCUT2D eigenvalue weighted by Gasteiger charge is -2.42. The van der Waals surface area contributed by atoms with Crippen molar-refractivity contribution in [3.05, 3.63) is 0 Å². The van der Waals surface area contributed by atoms with Crippen molar-refractivity contribution in [1.29, 1.82) is 0 Å². The fourth-order valence-corrected chi connectivity index (χ4v) is 2.91. The van der Waals surface area contributed by atoms with Gasteiger partial charge in [-0.1, -0.05) is 27.7 Å². The first-order chi connectivity index (χ1) is 8.58. The summed E-state index contributed by atoms with van der Waals surface area (Å²) in [6.45, 7) is 7.16. The highest BCUT2D eigenvalue weighted by Crippen LogP contribution is 2.26. The van der Waals surface area contributed by atoms with Gasteiger partial charge in [-0.25, -0.2) is 8.42 Å². The second-order valence-corrected chi connectivity index (χ2v) is 8.28. The highest BCUT2D eigenvalue weighted by Gasteiger charge is 2.42. The summed E-state index contributed by atoms with van der Waals surface area (Å²) in [5, 5.41) is 2.55. The number of sulfone groups is 1. The van der Waals surface area contributed by atoms with E-state index in [1.165, 1.54) is 4.90 Å². The fraction of sp³-hybridized carbons (Fsp3) is 0.833. The first-order valence-corrected chi connectivity index (χ1v) is 8.18. The van der Waals surface area contributed by atoms with E-state index < -0.39 is 21.3 Å². The summed E-state index contributed by atoms with van der Waals surface area (Å²) in [6, 6.07) is -0.624. The number of hydrogen-bond donors (Lipinski definition) is 1. The van der Waals surface area contributed by atoms with Crippen molar-refractivity contribution in [2.24, 2.45) is 5.41 Å². The van der Waals surface area contributed by atoms with Crippen molar-refractivity contribution in [3.63, 3.8) is 0 Å². The van der Waals surface area contributed by atoms with Crippen LogP contribution in [0.2, 0.25) is 0 Å². The van der Waals surface area contributed by atoms with Crippen LogP contribution in [0.3, 0.4) is 0 Å². The van der Waals surface area contributed by atoms with Crippen molar-refractivity contribution in [1.82, 2.24) is 10.2 Å². The van der Waals surface area contributed by atoms with Gasteiger partial charge in [-0.3, -0.25) is 9.59 Å². The van der Waals surface area contributed by atoms with Crippen LogP contribution in [0.5, 0.6) is 0 Å². The Labute approximate surface area is 114 Å². The van der Waals surface area contributed by atoms with Crippen molar-refractivity contribution in [2.75, 3.05) is 24.6 Å². The van der Waals surface area contributed by atoms with Crippen LogP contribution >= 0.6 is 0 Å². The largest absolute Gasteiger partial charge is 0.345 e. The topological polar surface area (TPSA) is 83.6 Å². The van der Waals surface area contributed by atoms with E-state index in [0.29, 0.717) is 0 Å². The molecule has 1 N–H and O–H groups in total. The quantitative estimate of drug-likeness (QED) is 0.777. The van der Waals surface area contributed by atoms with Crippen molar-refractivity contribution >= 4 is 21.7 Å². The van der Waals surface area contributed by atoms with E-state index in [1.807, 2.05) is 20.8 Å². The summed E-state index contributed by atoms with van der Waals surface area (Å²) in [6.07, 6.45) is 0. The summed E-state index contributed by atoms with van der Waals surface area (Å²) >= 11 is 0. The second-order valence-electron chi connectivity index (χ2n) is 5.81. The molecule has 1 heterocycles. The molecule has 19 heavy (non-hydrogen) atoms. The van der Waals surface area contributed by atoms with Crippen molar-refractivity contribution in [3.8, 4) is 0 Å². The summed E-state index contributed by atoms with van der Waals surface area (Å²) in [5.74, 6) is -0.511. The molecule has 1 saturated heterocycles. The molecule has 6 nitrogen and oxygen atoms in total. The minimum Gasteiger partial charge on any atom is -0.345 e. The lowest BCUT2D eigenvalue weighted by Crippen LogP contribution is -2.63. The van der Waals surface area contributed by atoms with Gasteiger partial charge >= 0.3 is 0 Å². The van der Waals surface area contributed by atoms with E-state index in [0.717, 1.165) is 0 Å². The Morgan fingerprint density at radius 1 is 1.32 bits per heavy atom. The Morgan fingerprint density at radius 3 is 2.37 bits per heavy atom. The number of nitrogens with zero attached hydrogens (tertiary/aromatic N) is 1. The molecule has 0 spiro atoms. The van der Waals surface area contributed by atoms with Gasteiger partial charge in [-0.2, -0.15) is 0 Å². The Bertz CT molecular complexity index is 465. The Balaban J connectivity index is 2.92. The van der Waals surface area contributed by atoms with Gasteiger partial charge in [-0.15, -0.1) is 0 Å². The molecule has 1 atom stereocenters. The standard InChI is InChI=1S/C12H22N2O4S/c1-5-19(17,18)7-6-14-9(15)8-13-11(16)10(14)12(2,3)4/h10H,5-8H2,1-4H3,(H,13,16). The predicted molar refractivity (Wildman–Crippen MR) is 72.3 cm³/mol. The van der Waals surface area contributed by atoms with Gasteiger partial charge in [0.05, 0.1) is 12.3 Å². The van der Waals surface area contributed by atoms with Gasteiger partial charge in [0.2, 0.25) is 11.8 Å². The molecule has 0 aromatic heterocycles. The monoisotopic (exact) mass is 290 g/mol. The zero-order chi connectivity index (χ0) is 14.8. The van der Waals surface area contributed by atoms with E-state index in [2.05, 4.69) is 5.32 Å². The molecule has 1 unspecified atom stereocenters. The van der Waals surface area contributed by atoms with Crippen LogP contribution in [0.15, 0.2) is 0 Å². The second kappa shape index (κ2) is 5.48. The molecule has 110 valence electrons. The average Bonchev–Trinajstić information content (AvgIpc) is 2.28. The van der Waals surface area contributed by atoms with E-state index in [-0.39, 0.29) is 36.4 Å². The number of rotatable bonds is 4. The third-order valence-corrected chi connectivity index (χ3v) is 4.88. The van der Waals surface area contributed by atoms with Gasteiger partial charge in [0.25, 0.3) is 0 Å². The molecule has 1 fully saturated rings. The minimum atomic E-state index is -3.15. The molecule has 1 rings (SSSR count). The van der Waals surface area contributed by atoms with Gasteiger partial charge in [0.1, 0.15) is 6.04 Å². The van der Waals surface area contributed by atoms with Gasteiger partial charge in [0, 0.05) is 12.3 Å². The molecule has 2 amide bonds. The average molecular weight is 290 g/mol. The number of amides is 2. The first-order valence-electron chi connectivity index (χ1n) is 6.36. The summed E-state index contributed by atoms with van der Waals surface area (Å²) in [7, 11) is -3.15. The maximum absolute atomic E-state index is 11.9. The SMILES string of the molecule is CCS(=O)(=O)CCN1C(=O)CNC(=O)C1C(C)(C)C. The molecule has 1 aliphatic rings. The number of piperazine rings is 1. The van der Waals surface area contributed by atoms with Crippen LogP contribution in [0.4, 0.5) is 0 Å². The van der Waals surface area contributed by atoms with Crippen LogP contribution in [0.1, 0.15) is 27.7 Å². The van der Waals surface area contributed by atoms with Gasteiger partial charge in [-0.05, 0) is 5.41 Å². The van der Waals surface area contributed by atoms with E-state index in [1.54, 1.807) is 6.92 Å². The van der Waals surface area contributed by atoms with Gasteiger partial charge in [0.15, 0.2) is 9.84 Å². The third kappa shape index (κ3) is 3.92. The van der Waals surface area contributed by atoms with E-state index in [4.69, 9.17) is 0 Å². The molecular formula is C12H22N2O4S. The fourth-order valence-electron chi connectivity index (χ4n) is 2.14.